The van der Waals surface area contributed by atoms with Crippen molar-refractivity contribution in [1.82, 2.24) is 4.31 Å². The van der Waals surface area contributed by atoms with E-state index in [0.717, 1.165) is 16.1 Å². The number of fused-ring (bicyclic) bond motifs is 1. The van der Waals surface area contributed by atoms with E-state index in [1.165, 1.54) is 6.07 Å². The molecule has 3 rings (SSSR count). The van der Waals surface area contributed by atoms with Gasteiger partial charge in [0.1, 0.15) is 11.6 Å². The van der Waals surface area contributed by atoms with Crippen LogP contribution in [0.2, 0.25) is 10.0 Å². The zero-order valence-electron chi connectivity index (χ0n) is 12.4. The van der Waals surface area contributed by atoms with Gasteiger partial charge in [0.2, 0.25) is 0 Å². The van der Waals surface area contributed by atoms with Crippen LogP contribution < -0.4 is 0 Å². The van der Waals surface area contributed by atoms with E-state index in [4.69, 9.17) is 23.2 Å². The number of aliphatic hydroxyl groups is 1. The maximum absolute atomic E-state index is 12.8. The first-order valence-electron chi connectivity index (χ1n) is 6.79. The van der Waals surface area contributed by atoms with Crippen molar-refractivity contribution in [2.45, 2.75) is 16.7 Å². The van der Waals surface area contributed by atoms with Gasteiger partial charge in [0.05, 0.1) is 5.69 Å². The molecule has 1 heterocycles. The van der Waals surface area contributed by atoms with E-state index in [9.17, 15) is 13.5 Å². The van der Waals surface area contributed by atoms with E-state index in [0.29, 0.717) is 26.2 Å². The molecule has 2 aromatic rings. The number of rotatable bonds is 2. The Morgan fingerprint density at radius 2 is 1.88 bits per heavy atom. The molecular formula is C15H12Cl2N2O3S2. The molecule has 126 valence electrons. The molecule has 9 heteroatoms. The van der Waals surface area contributed by atoms with Gasteiger partial charge in [-0.05, 0) is 60.6 Å². The van der Waals surface area contributed by atoms with Crippen LogP contribution in [0.5, 0.6) is 0 Å². The molecular weight excluding hydrogens is 391 g/mol. The molecule has 0 saturated carbocycles. The van der Waals surface area contributed by atoms with Crippen molar-refractivity contribution in [3.63, 3.8) is 0 Å². The predicted molar refractivity (Wildman–Crippen MR) is 96.7 cm³/mol. The quantitative estimate of drug-likeness (QED) is 0.822. The van der Waals surface area contributed by atoms with Crippen LogP contribution in [-0.4, -0.2) is 29.7 Å². The standard InChI is InChI=1S/C15H12Cl2N2O3S2/c1-9-6-14-13(7-12(9)17)23-15(19(8-20)24(14,21)22)18-11-4-2-10(16)3-5-11/h2-7,20H,8H2,1H3. The molecule has 0 unspecified atom stereocenters. The van der Waals surface area contributed by atoms with Crippen molar-refractivity contribution in [1.29, 1.82) is 0 Å². The van der Waals surface area contributed by atoms with Crippen LogP contribution in [0.3, 0.4) is 0 Å². The average Bonchev–Trinajstić information content (AvgIpc) is 2.52. The number of halogens is 2. The number of aryl methyl sites for hydroxylation is 1. The number of hydrogen-bond acceptors (Lipinski definition) is 5. The van der Waals surface area contributed by atoms with Crippen molar-refractivity contribution in [2.24, 2.45) is 4.99 Å². The lowest BCUT2D eigenvalue weighted by Gasteiger charge is -2.29. The fraction of sp³-hybridized carbons (Fsp3) is 0.133. The molecule has 0 fully saturated rings. The number of amidine groups is 1. The van der Waals surface area contributed by atoms with Gasteiger partial charge in [-0.2, -0.15) is 0 Å². The number of benzene rings is 2. The average molecular weight is 403 g/mol. The summed E-state index contributed by atoms with van der Waals surface area (Å²) in [5.74, 6) is 0. The number of nitrogens with zero attached hydrogens (tertiary/aromatic N) is 2. The number of aliphatic hydroxyl groups excluding tert-OH is 1. The molecule has 1 aliphatic heterocycles. The highest BCUT2D eigenvalue weighted by molar-refractivity contribution is 8.16. The van der Waals surface area contributed by atoms with Gasteiger partial charge in [0.15, 0.2) is 5.17 Å². The van der Waals surface area contributed by atoms with Crippen LogP contribution in [0.25, 0.3) is 0 Å². The third-order valence-corrected chi connectivity index (χ3v) is 7.11. The van der Waals surface area contributed by atoms with Crippen molar-refractivity contribution in [3.05, 3.63) is 52.0 Å². The summed E-state index contributed by atoms with van der Waals surface area (Å²) in [4.78, 5) is 4.91. The van der Waals surface area contributed by atoms with Crippen LogP contribution in [0, 0.1) is 6.92 Å². The molecule has 0 bridgehead atoms. The SMILES string of the molecule is Cc1cc2c(cc1Cl)SC(=Nc1ccc(Cl)cc1)N(CO)S2(=O)=O. The lowest BCUT2D eigenvalue weighted by atomic mass is 10.2. The van der Waals surface area contributed by atoms with Gasteiger partial charge in [0, 0.05) is 14.9 Å². The minimum absolute atomic E-state index is 0.110. The molecule has 0 amide bonds. The number of thioether (sulfide) groups is 1. The van der Waals surface area contributed by atoms with Crippen LogP contribution >= 0.6 is 35.0 Å². The van der Waals surface area contributed by atoms with Crippen LogP contribution in [-0.2, 0) is 10.0 Å². The summed E-state index contributed by atoms with van der Waals surface area (Å²) >= 11 is 13.1. The molecule has 1 N–H and O–H groups in total. The number of hydrogen-bond donors (Lipinski definition) is 1. The molecule has 0 atom stereocenters. The molecule has 0 spiro atoms. The van der Waals surface area contributed by atoms with Gasteiger partial charge in [-0.25, -0.2) is 17.7 Å². The predicted octanol–water partition coefficient (Wildman–Crippen LogP) is 4.04. The van der Waals surface area contributed by atoms with E-state index in [1.807, 2.05) is 0 Å². The largest absolute Gasteiger partial charge is 0.375 e. The van der Waals surface area contributed by atoms with Gasteiger partial charge < -0.3 is 5.11 Å². The molecule has 1 aliphatic rings. The summed E-state index contributed by atoms with van der Waals surface area (Å²) in [6.07, 6.45) is 0. The Morgan fingerprint density at radius 3 is 2.50 bits per heavy atom. The first-order valence-corrected chi connectivity index (χ1v) is 9.80. The van der Waals surface area contributed by atoms with E-state index < -0.39 is 16.8 Å². The summed E-state index contributed by atoms with van der Waals surface area (Å²) < 4.78 is 26.4. The molecule has 0 radical (unpaired) electrons. The van der Waals surface area contributed by atoms with Gasteiger partial charge >= 0.3 is 0 Å². The maximum Gasteiger partial charge on any atom is 0.268 e. The summed E-state index contributed by atoms with van der Waals surface area (Å²) in [5.41, 5.74) is 1.17. The van der Waals surface area contributed by atoms with E-state index in [1.54, 1.807) is 37.3 Å². The highest BCUT2D eigenvalue weighted by atomic mass is 35.5. The van der Waals surface area contributed by atoms with Gasteiger partial charge in [0.25, 0.3) is 10.0 Å². The lowest BCUT2D eigenvalue weighted by molar-refractivity contribution is 0.227. The smallest absolute Gasteiger partial charge is 0.268 e. The number of sulfonamides is 1. The normalized spacial score (nSPS) is 17.8. The second-order valence-corrected chi connectivity index (χ2v) is 8.70. The van der Waals surface area contributed by atoms with E-state index in [2.05, 4.69) is 4.99 Å². The summed E-state index contributed by atoms with van der Waals surface area (Å²) in [6.45, 7) is 1.02. The Hall–Kier alpha value is -1.25. The van der Waals surface area contributed by atoms with Crippen LogP contribution in [0.1, 0.15) is 5.56 Å². The number of aliphatic imine (C=N–C) groups is 1. The van der Waals surface area contributed by atoms with E-state index in [-0.39, 0.29) is 10.1 Å². The molecule has 0 saturated heterocycles. The second kappa shape index (κ2) is 6.57. The maximum atomic E-state index is 12.8. The minimum atomic E-state index is -3.90. The van der Waals surface area contributed by atoms with Crippen LogP contribution in [0.15, 0.2) is 51.2 Å². The molecule has 0 aromatic heterocycles. The molecule has 0 aliphatic carbocycles. The Bertz CT molecular complexity index is 928. The molecule has 24 heavy (non-hydrogen) atoms. The highest BCUT2D eigenvalue weighted by Gasteiger charge is 2.36. The second-order valence-electron chi connectivity index (χ2n) is 5.02. The van der Waals surface area contributed by atoms with Crippen LogP contribution in [0.4, 0.5) is 5.69 Å². The van der Waals surface area contributed by atoms with Gasteiger partial charge in [-0.15, -0.1) is 0 Å². The lowest BCUT2D eigenvalue weighted by Crippen LogP contribution is -2.39. The zero-order chi connectivity index (χ0) is 17.5. The monoisotopic (exact) mass is 402 g/mol. The van der Waals surface area contributed by atoms with Crippen molar-refractivity contribution < 1.29 is 13.5 Å². The first kappa shape index (κ1) is 17.6. The van der Waals surface area contributed by atoms with E-state index >= 15 is 0 Å². The molecule has 5 nitrogen and oxygen atoms in total. The van der Waals surface area contributed by atoms with Gasteiger partial charge in [-0.1, -0.05) is 23.2 Å². The molecule has 2 aromatic carbocycles. The first-order chi connectivity index (χ1) is 11.3. The minimum Gasteiger partial charge on any atom is -0.375 e. The highest BCUT2D eigenvalue weighted by Crippen LogP contribution is 2.40. The zero-order valence-corrected chi connectivity index (χ0v) is 15.5. The Morgan fingerprint density at radius 1 is 1.21 bits per heavy atom. The fourth-order valence-electron chi connectivity index (χ4n) is 2.13. The summed E-state index contributed by atoms with van der Waals surface area (Å²) in [7, 11) is -3.90. The Labute approximate surface area is 154 Å². The Kier molecular flexibility index (Phi) is 4.81. The topological polar surface area (TPSA) is 70.0 Å². The van der Waals surface area contributed by atoms with Crippen molar-refractivity contribution in [3.8, 4) is 0 Å². The Balaban J connectivity index is 2.15. The third kappa shape index (κ3) is 3.14. The summed E-state index contributed by atoms with van der Waals surface area (Å²) in [6, 6.07) is 9.73. The third-order valence-electron chi connectivity index (χ3n) is 3.39. The van der Waals surface area contributed by atoms with Crippen molar-refractivity contribution >= 4 is 55.8 Å². The van der Waals surface area contributed by atoms with Gasteiger partial charge in [-0.3, -0.25) is 0 Å². The summed E-state index contributed by atoms with van der Waals surface area (Å²) in [5, 5.41) is 10.7. The fourth-order valence-corrected chi connectivity index (χ4v) is 5.45. The van der Waals surface area contributed by atoms with Crippen molar-refractivity contribution in [2.75, 3.05) is 6.73 Å².